The largest absolute Gasteiger partial charge is 0.416 e. The van der Waals surface area contributed by atoms with Crippen molar-refractivity contribution in [2.24, 2.45) is 0 Å². The Kier molecular flexibility index (Phi) is 5.81. The van der Waals surface area contributed by atoms with Gasteiger partial charge in [0.25, 0.3) is 0 Å². The molecule has 128 valence electrons. The minimum absolute atomic E-state index is 0.0490. The van der Waals surface area contributed by atoms with Crippen LogP contribution in [0.1, 0.15) is 5.56 Å². The van der Waals surface area contributed by atoms with Gasteiger partial charge in [-0.3, -0.25) is 0 Å². The van der Waals surface area contributed by atoms with Crippen LogP contribution in [0.4, 0.5) is 23.7 Å². The topological polar surface area (TPSA) is 52.6 Å². The predicted octanol–water partition coefficient (Wildman–Crippen LogP) is 3.64. The highest BCUT2D eigenvalue weighted by Gasteiger charge is 2.40. The number of alkyl halides is 3. The summed E-state index contributed by atoms with van der Waals surface area (Å²) in [5.41, 5.74) is 1.12. The number of aliphatic hydroxyl groups is 1. The van der Waals surface area contributed by atoms with Gasteiger partial charge in [0.05, 0.1) is 6.54 Å². The van der Waals surface area contributed by atoms with Gasteiger partial charge >= 0.3 is 12.2 Å². The number of hydrogen-bond donors (Lipinski definition) is 2. The minimum Gasteiger partial charge on any atom is -0.382 e. The molecule has 2 aromatic rings. The maximum absolute atomic E-state index is 12.6. The number of halogens is 3. The molecule has 2 rings (SSSR count). The Balaban J connectivity index is 2.13. The summed E-state index contributed by atoms with van der Waals surface area (Å²) in [6, 6.07) is 16.3. The average Bonchev–Trinajstić information content (AvgIpc) is 2.55. The quantitative estimate of drug-likeness (QED) is 0.874. The van der Waals surface area contributed by atoms with E-state index in [-0.39, 0.29) is 6.54 Å². The number of nitrogens with zero attached hydrogens (tertiary/aromatic N) is 1. The first-order valence-electron chi connectivity index (χ1n) is 7.26. The van der Waals surface area contributed by atoms with E-state index < -0.39 is 24.9 Å². The van der Waals surface area contributed by atoms with Gasteiger partial charge in [0, 0.05) is 12.2 Å². The van der Waals surface area contributed by atoms with Crippen LogP contribution in [0, 0.1) is 0 Å². The zero-order valence-electron chi connectivity index (χ0n) is 12.7. The van der Waals surface area contributed by atoms with E-state index in [1.54, 1.807) is 60.7 Å². The third-order valence-electron chi connectivity index (χ3n) is 3.30. The molecule has 4 nitrogen and oxygen atoms in total. The average molecular weight is 338 g/mol. The number of amides is 2. The Morgan fingerprint density at radius 2 is 1.58 bits per heavy atom. The number of urea groups is 1. The molecule has 2 amide bonds. The van der Waals surface area contributed by atoms with Crippen LogP contribution < -0.4 is 5.32 Å². The molecule has 0 spiro atoms. The zero-order chi connectivity index (χ0) is 17.6. The lowest BCUT2D eigenvalue weighted by atomic mass is 10.2. The highest BCUT2D eigenvalue weighted by Crippen LogP contribution is 2.22. The summed E-state index contributed by atoms with van der Waals surface area (Å²) in [7, 11) is 0. The van der Waals surface area contributed by atoms with E-state index in [4.69, 9.17) is 0 Å². The molecule has 0 radical (unpaired) electrons. The molecule has 0 aliphatic heterocycles. The van der Waals surface area contributed by atoms with Crippen LogP contribution in [0.25, 0.3) is 0 Å². The lowest BCUT2D eigenvalue weighted by Gasteiger charge is -2.26. The summed E-state index contributed by atoms with van der Waals surface area (Å²) in [5.74, 6) is 0. The Morgan fingerprint density at radius 1 is 1.04 bits per heavy atom. The molecule has 2 aromatic carbocycles. The number of para-hydroxylation sites is 1. The fourth-order valence-electron chi connectivity index (χ4n) is 2.06. The van der Waals surface area contributed by atoms with E-state index in [0.29, 0.717) is 11.3 Å². The summed E-state index contributed by atoms with van der Waals surface area (Å²) in [6.07, 6.45) is -7.40. The predicted molar refractivity (Wildman–Crippen MR) is 84.4 cm³/mol. The number of carbonyl (C=O) groups is 1. The van der Waals surface area contributed by atoms with Crippen LogP contribution in [0.3, 0.4) is 0 Å². The molecule has 7 heteroatoms. The second-order valence-corrected chi connectivity index (χ2v) is 5.22. The Bertz CT molecular complexity index is 648. The summed E-state index contributed by atoms with van der Waals surface area (Å²) in [5, 5.41) is 11.8. The second kappa shape index (κ2) is 7.83. The fourth-order valence-corrected chi connectivity index (χ4v) is 2.06. The molecule has 2 N–H and O–H groups in total. The molecule has 0 saturated carbocycles. The lowest BCUT2D eigenvalue weighted by molar-refractivity contribution is -0.206. The molecule has 0 bridgehead atoms. The van der Waals surface area contributed by atoms with Crippen molar-refractivity contribution in [3.63, 3.8) is 0 Å². The van der Waals surface area contributed by atoms with Crippen molar-refractivity contribution in [3.05, 3.63) is 66.2 Å². The van der Waals surface area contributed by atoms with E-state index in [9.17, 15) is 23.1 Å². The number of aliphatic hydroxyl groups excluding tert-OH is 1. The SMILES string of the molecule is O=C(Nc1ccccc1)N(Cc1ccccc1)C[C@@H](O)C(F)(F)F. The molecule has 1 atom stereocenters. The van der Waals surface area contributed by atoms with Gasteiger partial charge in [-0.2, -0.15) is 13.2 Å². The number of hydrogen-bond acceptors (Lipinski definition) is 2. The van der Waals surface area contributed by atoms with E-state index in [0.717, 1.165) is 4.90 Å². The van der Waals surface area contributed by atoms with Gasteiger partial charge in [-0.15, -0.1) is 0 Å². The Morgan fingerprint density at radius 3 is 2.12 bits per heavy atom. The molecular formula is C17H17F3N2O2. The van der Waals surface area contributed by atoms with Crippen molar-refractivity contribution in [2.75, 3.05) is 11.9 Å². The lowest BCUT2D eigenvalue weighted by Crippen LogP contribution is -2.45. The van der Waals surface area contributed by atoms with Gasteiger partial charge in [-0.05, 0) is 17.7 Å². The van der Waals surface area contributed by atoms with Crippen molar-refractivity contribution in [1.82, 2.24) is 4.90 Å². The van der Waals surface area contributed by atoms with Gasteiger partial charge < -0.3 is 15.3 Å². The molecule has 0 aromatic heterocycles. The molecule has 0 unspecified atom stereocenters. The highest BCUT2D eigenvalue weighted by molar-refractivity contribution is 5.89. The molecule has 0 fully saturated rings. The standard InChI is InChI=1S/C17H17F3N2O2/c18-17(19,20)15(23)12-22(11-13-7-3-1-4-8-13)16(24)21-14-9-5-2-6-10-14/h1-10,15,23H,11-12H2,(H,21,24)/t15-/m1/s1. The van der Waals surface area contributed by atoms with Crippen LogP contribution >= 0.6 is 0 Å². The van der Waals surface area contributed by atoms with Crippen LogP contribution in [-0.2, 0) is 6.54 Å². The van der Waals surface area contributed by atoms with Crippen molar-refractivity contribution in [1.29, 1.82) is 0 Å². The fraction of sp³-hybridized carbons (Fsp3) is 0.235. The molecule has 0 aliphatic rings. The maximum atomic E-state index is 12.6. The van der Waals surface area contributed by atoms with E-state index >= 15 is 0 Å². The monoisotopic (exact) mass is 338 g/mol. The molecule has 0 saturated heterocycles. The minimum atomic E-state index is -4.79. The van der Waals surface area contributed by atoms with Crippen molar-refractivity contribution in [2.45, 2.75) is 18.8 Å². The summed E-state index contributed by atoms with van der Waals surface area (Å²) in [6.45, 7) is -0.899. The van der Waals surface area contributed by atoms with E-state index in [1.807, 2.05) is 0 Å². The molecule has 0 aliphatic carbocycles. The van der Waals surface area contributed by atoms with Gasteiger partial charge in [0.1, 0.15) is 0 Å². The smallest absolute Gasteiger partial charge is 0.382 e. The number of anilines is 1. The second-order valence-electron chi connectivity index (χ2n) is 5.22. The summed E-state index contributed by atoms with van der Waals surface area (Å²) >= 11 is 0. The van der Waals surface area contributed by atoms with Crippen LogP contribution in [0.15, 0.2) is 60.7 Å². The van der Waals surface area contributed by atoms with E-state index in [2.05, 4.69) is 5.32 Å². The zero-order valence-corrected chi connectivity index (χ0v) is 12.7. The van der Waals surface area contributed by atoms with Crippen LogP contribution in [0.5, 0.6) is 0 Å². The van der Waals surface area contributed by atoms with Gasteiger partial charge in [0.2, 0.25) is 0 Å². The summed E-state index contributed by atoms with van der Waals surface area (Å²) in [4.78, 5) is 13.2. The van der Waals surface area contributed by atoms with Gasteiger partial charge in [0.15, 0.2) is 6.10 Å². The first-order chi connectivity index (χ1) is 11.4. The Labute approximate surface area is 137 Å². The van der Waals surface area contributed by atoms with E-state index in [1.165, 1.54) is 0 Å². The highest BCUT2D eigenvalue weighted by atomic mass is 19.4. The van der Waals surface area contributed by atoms with Crippen molar-refractivity contribution >= 4 is 11.7 Å². The van der Waals surface area contributed by atoms with Crippen molar-refractivity contribution < 1.29 is 23.1 Å². The number of nitrogens with one attached hydrogen (secondary N) is 1. The summed E-state index contributed by atoms with van der Waals surface area (Å²) < 4.78 is 37.9. The van der Waals surface area contributed by atoms with Crippen LogP contribution in [0.2, 0.25) is 0 Å². The van der Waals surface area contributed by atoms with Gasteiger partial charge in [-0.1, -0.05) is 48.5 Å². The third kappa shape index (κ3) is 5.27. The first kappa shape index (κ1) is 17.8. The number of benzene rings is 2. The first-order valence-corrected chi connectivity index (χ1v) is 7.26. The van der Waals surface area contributed by atoms with Gasteiger partial charge in [-0.25, -0.2) is 4.79 Å². The number of carbonyl (C=O) groups excluding carboxylic acids is 1. The maximum Gasteiger partial charge on any atom is 0.416 e. The normalized spacial score (nSPS) is 12.5. The van der Waals surface area contributed by atoms with Crippen LogP contribution in [-0.4, -0.2) is 34.9 Å². The molecule has 0 heterocycles. The Hall–Kier alpha value is -2.54. The molecule has 24 heavy (non-hydrogen) atoms. The number of rotatable bonds is 5. The third-order valence-corrected chi connectivity index (χ3v) is 3.30. The molecular weight excluding hydrogens is 321 g/mol. The van der Waals surface area contributed by atoms with Crippen molar-refractivity contribution in [3.8, 4) is 0 Å².